The number of hydrogen-bond acceptors (Lipinski definition) is 3. The standard InChI is InChI=1S/C14H21NO2/c1-14(2)11-17-13(10-16)9-15(14)8-12-6-4-3-5-7-12/h3-7,13,16H,8-11H2,1-2H3. The van der Waals surface area contributed by atoms with E-state index in [0.717, 1.165) is 13.1 Å². The molecule has 3 heteroatoms. The van der Waals surface area contributed by atoms with Crippen LogP contribution in [0.5, 0.6) is 0 Å². The summed E-state index contributed by atoms with van der Waals surface area (Å²) in [5, 5.41) is 9.19. The van der Waals surface area contributed by atoms with Gasteiger partial charge in [-0.15, -0.1) is 0 Å². The van der Waals surface area contributed by atoms with Crippen LogP contribution in [0.25, 0.3) is 0 Å². The molecule has 0 radical (unpaired) electrons. The molecule has 0 spiro atoms. The molecule has 17 heavy (non-hydrogen) atoms. The van der Waals surface area contributed by atoms with Crippen molar-refractivity contribution in [2.75, 3.05) is 19.8 Å². The van der Waals surface area contributed by atoms with Crippen LogP contribution in [0.1, 0.15) is 19.4 Å². The van der Waals surface area contributed by atoms with Gasteiger partial charge in [-0.25, -0.2) is 0 Å². The molecule has 0 aliphatic carbocycles. The normalized spacial score (nSPS) is 24.8. The van der Waals surface area contributed by atoms with Gasteiger partial charge in [-0.2, -0.15) is 0 Å². The minimum absolute atomic E-state index is 0.0293. The number of aliphatic hydroxyl groups excluding tert-OH is 1. The smallest absolute Gasteiger partial charge is 0.0933 e. The van der Waals surface area contributed by atoms with Crippen LogP contribution in [0.3, 0.4) is 0 Å². The first-order valence-electron chi connectivity index (χ1n) is 6.13. The van der Waals surface area contributed by atoms with Gasteiger partial charge in [0.2, 0.25) is 0 Å². The third-order valence-electron chi connectivity index (χ3n) is 3.37. The Morgan fingerprint density at radius 2 is 2.06 bits per heavy atom. The molecular weight excluding hydrogens is 214 g/mol. The first-order valence-corrected chi connectivity index (χ1v) is 6.13. The Morgan fingerprint density at radius 3 is 2.71 bits per heavy atom. The lowest BCUT2D eigenvalue weighted by molar-refractivity contribution is -0.116. The summed E-state index contributed by atoms with van der Waals surface area (Å²) in [4.78, 5) is 2.38. The van der Waals surface area contributed by atoms with E-state index in [1.807, 2.05) is 6.07 Å². The minimum atomic E-state index is -0.0493. The lowest BCUT2D eigenvalue weighted by Crippen LogP contribution is -2.56. The van der Waals surface area contributed by atoms with Crippen molar-refractivity contribution in [2.24, 2.45) is 0 Å². The molecule has 1 aromatic rings. The van der Waals surface area contributed by atoms with E-state index in [9.17, 15) is 5.11 Å². The summed E-state index contributed by atoms with van der Waals surface area (Å²) < 4.78 is 5.62. The molecule has 1 saturated heterocycles. The molecule has 1 fully saturated rings. The average Bonchev–Trinajstić information content (AvgIpc) is 2.33. The van der Waals surface area contributed by atoms with Gasteiger partial charge in [-0.05, 0) is 19.4 Å². The van der Waals surface area contributed by atoms with Gasteiger partial charge in [-0.3, -0.25) is 4.90 Å². The monoisotopic (exact) mass is 235 g/mol. The number of nitrogens with zero attached hydrogens (tertiary/aromatic N) is 1. The van der Waals surface area contributed by atoms with Crippen LogP contribution in [0.4, 0.5) is 0 Å². The van der Waals surface area contributed by atoms with Crippen LogP contribution >= 0.6 is 0 Å². The Labute approximate surface area is 103 Å². The third kappa shape index (κ3) is 3.06. The maximum atomic E-state index is 9.19. The second-order valence-electron chi connectivity index (χ2n) is 5.29. The van der Waals surface area contributed by atoms with Gasteiger partial charge >= 0.3 is 0 Å². The second kappa shape index (κ2) is 5.17. The number of benzene rings is 1. The number of hydrogen-bond donors (Lipinski definition) is 1. The maximum Gasteiger partial charge on any atom is 0.0933 e. The zero-order valence-corrected chi connectivity index (χ0v) is 10.6. The number of aliphatic hydroxyl groups is 1. The summed E-state index contributed by atoms with van der Waals surface area (Å²) in [6.45, 7) is 6.84. The molecule has 0 bridgehead atoms. The molecule has 1 unspecified atom stereocenters. The van der Waals surface area contributed by atoms with Gasteiger partial charge in [0.25, 0.3) is 0 Å². The zero-order chi connectivity index (χ0) is 12.3. The average molecular weight is 235 g/mol. The topological polar surface area (TPSA) is 32.7 Å². The summed E-state index contributed by atoms with van der Waals surface area (Å²) >= 11 is 0. The summed E-state index contributed by atoms with van der Waals surface area (Å²) in [6.07, 6.45) is -0.0493. The van der Waals surface area contributed by atoms with Crippen molar-refractivity contribution < 1.29 is 9.84 Å². The fourth-order valence-electron chi connectivity index (χ4n) is 2.15. The highest BCUT2D eigenvalue weighted by atomic mass is 16.5. The first kappa shape index (κ1) is 12.6. The van der Waals surface area contributed by atoms with E-state index in [1.165, 1.54) is 5.56 Å². The quantitative estimate of drug-likeness (QED) is 0.865. The lowest BCUT2D eigenvalue weighted by atomic mass is 9.99. The Bertz CT molecular complexity index is 350. The van der Waals surface area contributed by atoms with Gasteiger partial charge in [0, 0.05) is 18.6 Å². The van der Waals surface area contributed by atoms with Crippen molar-refractivity contribution in [3.05, 3.63) is 35.9 Å². The number of morpholine rings is 1. The third-order valence-corrected chi connectivity index (χ3v) is 3.37. The molecule has 1 heterocycles. The molecule has 1 atom stereocenters. The summed E-state index contributed by atoms with van der Waals surface area (Å²) in [6, 6.07) is 10.4. The maximum absolute atomic E-state index is 9.19. The van der Waals surface area contributed by atoms with Gasteiger partial charge in [0.05, 0.1) is 19.3 Å². The lowest BCUT2D eigenvalue weighted by Gasteiger charge is -2.45. The van der Waals surface area contributed by atoms with Crippen molar-refractivity contribution in [1.82, 2.24) is 4.90 Å². The fourth-order valence-corrected chi connectivity index (χ4v) is 2.15. The highest BCUT2D eigenvalue weighted by Crippen LogP contribution is 2.24. The van der Waals surface area contributed by atoms with Crippen LogP contribution < -0.4 is 0 Å². The van der Waals surface area contributed by atoms with Gasteiger partial charge in [-0.1, -0.05) is 30.3 Å². The van der Waals surface area contributed by atoms with Crippen molar-refractivity contribution in [3.63, 3.8) is 0 Å². The molecular formula is C14H21NO2. The number of ether oxygens (including phenoxy) is 1. The Morgan fingerprint density at radius 1 is 1.35 bits per heavy atom. The van der Waals surface area contributed by atoms with Gasteiger partial charge in [0.1, 0.15) is 0 Å². The SMILES string of the molecule is CC1(C)COC(CO)CN1Cc1ccccc1. The molecule has 2 rings (SSSR count). The fraction of sp³-hybridized carbons (Fsp3) is 0.571. The molecule has 1 aliphatic heterocycles. The van der Waals surface area contributed by atoms with E-state index in [0.29, 0.717) is 6.61 Å². The zero-order valence-electron chi connectivity index (χ0n) is 10.6. The van der Waals surface area contributed by atoms with Crippen molar-refractivity contribution in [2.45, 2.75) is 32.0 Å². The van der Waals surface area contributed by atoms with Crippen LogP contribution in [-0.2, 0) is 11.3 Å². The molecule has 0 amide bonds. The molecule has 1 N–H and O–H groups in total. The van der Waals surface area contributed by atoms with Crippen molar-refractivity contribution >= 4 is 0 Å². The van der Waals surface area contributed by atoms with Crippen molar-refractivity contribution in [3.8, 4) is 0 Å². The van der Waals surface area contributed by atoms with E-state index in [-0.39, 0.29) is 18.2 Å². The van der Waals surface area contributed by atoms with Crippen molar-refractivity contribution in [1.29, 1.82) is 0 Å². The molecule has 94 valence electrons. The molecule has 0 aromatic heterocycles. The van der Waals surface area contributed by atoms with Crippen LogP contribution in [0.15, 0.2) is 30.3 Å². The molecule has 1 aliphatic rings. The van der Waals surface area contributed by atoms with Gasteiger partial charge in [0.15, 0.2) is 0 Å². The second-order valence-corrected chi connectivity index (χ2v) is 5.29. The highest BCUT2D eigenvalue weighted by molar-refractivity contribution is 5.15. The van der Waals surface area contributed by atoms with E-state index in [1.54, 1.807) is 0 Å². The van der Waals surface area contributed by atoms with Crippen LogP contribution in [0, 0.1) is 0 Å². The van der Waals surface area contributed by atoms with E-state index in [2.05, 4.69) is 43.0 Å². The molecule has 3 nitrogen and oxygen atoms in total. The first-order chi connectivity index (χ1) is 8.12. The predicted molar refractivity (Wildman–Crippen MR) is 67.8 cm³/mol. The van der Waals surface area contributed by atoms with E-state index < -0.39 is 0 Å². The van der Waals surface area contributed by atoms with E-state index in [4.69, 9.17) is 4.74 Å². The molecule has 1 aromatic carbocycles. The number of rotatable bonds is 3. The predicted octanol–water partition coefficient (Wildman–Crippen LogP) is 1.66. The van der Waals surface area contributed by atoms with Crippen LogP contribution in [-0.4, -0.2) is 41.4 Å². The summed E-state index contributed by atoms with van der Waals surface area (Å²) in [5.74, 6) is 0. The van der Waals surface area contributed by atoms with E-state index >= 15 is 0 Å². The molecule has 0 saturated carbocycles. The van der Waals surface area contributed by atoms with Crippen LogP contribution in [0.2, 0.25) is 0 Å². The Kier molecular flexibility index (Phi) is 3.82. The Balaban J connectivity index is 2.06. The summed E-state index contributed by atoms with van der Waals surface area (Å²) in [7, 11) is 0. The minimum Gasteiger partial charge on any atom is -0.394 e. The summed E-state index contributed by atoms with van der Waals surface area (Å²) in [5.41, 5.74) is 1.33. The van der Waals surface area contributed by atoms with Gasteiger partial charge < -0.3 is 9.84 Å². The highest BCUT2D eigenvalue weighted by Gasteiger charge is 2.34. The Hall–Kier alpha value is -0.900. The largest absolute Gasteiger partial charge is 0.394 e.